The van der Waals surface area contributed by atoms with Gasteiger partial charge >= 0.3 is 5.97 Å². The van der Waals surface area contributed by atoms with Gasteiger partial charge in [-0.25, -0.2) is 18.2 Å². The lowest BCUT2D eigenvalue weighted by molar-refractivity contribution is -0.290. The first kappa shape index (κ1) is 24.3. The lowest BCUT2D eigenvalue weighted by atomic mass is 10.0. The van der Waals surface area contributed by atoms with Crippen molar-refractivity contribution in [2.24, 2.45) is 0 Å². The molecule has 178 valence electrons. The van der Waals surface area contributed by atoms with Crippen molar-refractivity contribution in [1.82, 2.24) is 4.98 Å². The van der Waals surface area contributed by atoms with E-state index in [0.29, 0.717) is 28.1 Å². The van der Waals surface area contributed by atoms with Gasteiger partial charge in [-0.2, -0.15) is 0 Å². The Bertz CT molecular complexity index is 1280. The number of thiol groups is 1. The molecule has 2 heterocycles. The quantitative estimate of drug-likeness (QED) is 0.340. The standard InChI is InChI=1S/C25H22F3NO4S/c1-25(2)32-16(11-17(33-25)12-20(30)31)6-3-14-9-15-10-19(26)21(27)22(28)24(15)29-23(14)13-4-7-18(34)8-5-13/h3-10,16-17,34H,11-12H2,1-2H3,(H,30,31)/t16-,17-/m1/s1. The molecule has 0 aliphatic carbocycles. The molecule has 2 atom stereocenters. The van der Waals surface area contributed by atoms with Crippen molar-refractivity contribution < 1.29 is 32.5 Å². The third-order valence-corrected chi connectivity index (χ3v) is 5.69. The summed E-state index contributed by atoms with van der Waals surface area (Å²) in [5.74, 6) is -6.22. The van der Waals surface area contributed by atoms with Crippen LogP contribution in [0.2, 0.25) is 0 Å². The van der Waals surface area contributed by atoms with Gasteiger partial charge in [0.15, 0.2) is 23.2 Å². The zero-order chi connectivity index (χ0) is 24.6. The maximum absolute atomic E-state index is 14.5. The van der Waals surface area contributed by atoms with Crippen molar-refractivity contribution in [3.8, 4) is 11.3 Å². The second-order valence-corrected chi connectivity index (χ2v) is 9.04. The van der Waals surface area contributed by atoms with Crippen molar-refractivity contribution in [1.29, 1.82) is 0 Å². The molecule has 9 heteroatoms. The largest absolute Gasteiger partial charge is 0.481 e. The zero-order valence-electron chi connectivity index (χ0n) is 18.4. The molecule has 1 aliphatic heterocycles. The summed E-state index contributed by atoms with van der Waals surface area (Å²) in [6, 6.07) is 9.37. The summed E-state index contributed by atoms with van der Waals surface area (Å²) in [6.07, 6.45) is 2.55. The number of pyridine rings is 1. The van der Waals surface area contributed by atoms with Crippen LogP contribution in [0.1, 0.15) is 32.3 Å². The first-order chi connectivity index (χ1) is 16.0. The predicted molar refractivity (Wildman–Crippen MR) is 124 cm³/mol. The number of ether oxygens (including phenoxy) is 2. The number of carbonyl (C=O) groups is 1. The minimum atomic E-state index is -1.58. The van der Waals surface area contributed by atoms with Crippen molar-refractivity contribution in [3.63, 3.8) is 0 Å². The van der Waals surface area contributed by atoms with Crippen molar-refractivity contribution in [2.45, 2.75) is 49.6 Å². The molecule has 4 rings (SSSR count). The molecular formula is C25H22F3NO4S. The molecule has 1 aromatic heterocycles. The van der Waals surface area contributed by atoms with Gasteiger partial charge in [0.1, 0.15) is 5.52 Å². The molecule has 3 aromatic rings. The SMILES string of the molecule is CC1(C)O[C@@H](CC(=O)O)C[C@@H](C=Cc2cc3cc(F)c(F)c(F)c3nc2-c2ccc(S)cc2)O1. The fourth-order valence-corrected chi connectivity index (χ4v) is 4.16. The van der Waals surface area contributed by atoms with E-state index < -0.39 is 41.4 Å². The first-order valence-corrected chi connectivity index (χ1v) is 11.0. The van der Waals surface area contributed by atoms with Crippen LogP contribution >= 0.6 is 12.6 Å². The summed E-state index contributed by atoms with van der Waals surface area (Å²) >= 11 is 4.27. The number of hydrogen-bond acceptors (Lipinski definition) is 5. The Morgan fingerprint density at radius 2 is 1.88 bits per heavy atom. The lowest BCUT2D eigenvalue weighted by Gasteiger charge is -2.39. The molecular weight excluding hydrogens is 467 g/mol. The van der Waals surface area contributed by atoms with E-state index in [1.54, 1.807) is 50.3 Å². The van der Waals surface area contributed by atoms with Crippen molar-refractivity contribution >= 4 is 35.6 Å². The second kappa shape index (κ2) is 9.40. The van der Waals surface area contributed by atoms with Crippen LogP contribution in [0.3, 0.4) is 0 Å². The van der Waals surface area contributed by atoms with Crippen LogP contribution in [0, 0.1) is 17.5 Å². The molecule has 34 heavy (non-hydrogen) atoms. The third kappa shape index (κ3) is 5.27. The molecule has 0 unspecified atom stereocenters. The number of benzene rings is 2. The fourth-order valence-electron chi connectivity index (χ4n) is 4.01. The summed E-state index contributed by atoms with van der Waals surface area (Å²) < 4.78 is 53.8. The number of carboxylic acid groups (broad SMARTS) is 1. The van der Waals surface area contributed by atoms with Gasteiger partial charge in [0.05, 0.1) is 24.3 Å². The van der Waals surface area contributed by atoms with Crippen LogP contribution in [0.4, 0.5) is 13.2 Å². The summed E-state index contributed by atoms with van der Waals surface area (Å²) in [5.41, 5.74) is 1.22. The molecule has 1 N–H and O–H groups in total. The number of rotatable bonds is 5. The number of hydrogen-bond donors (Lipinski definition) is 2. The summed E-state index contributed by atoms with van der Waals surface area (Å²) in [4.78, 5) is 16.2. The van der Waals surface area contributed by atoms with Crippen LogP contribution < -0.4 is 0 Å². The van der Waals surface area contributed by atoms with Crippen LogP contribution in [0.25, 0.3) is 28.2 Å². The first-order valence-electron chi connectivity index (χ1n) is 10.6. The molecule has 0 spiro atoms. The maximum atomic E-state index is 14.5. The van der Waals surface area contributed by atoms with Gasteiger partial charge in [-0.05, 0) is 38.1 Å². The molecule has 0 amide bonds. The maximum Gasteiger partial charge on any atom is 0.305 e. The molecule has 0 saturated carbocycles. The van der Waals surface area contributed by atoms with Gasteiger partial charge < -0.3 is 14.6 Å². The van der Waals surface area contributed by atoms with Crippen LogP contribution in [-0.4, -0.2) is 34.1 Å². The van der Waals surface area contributed by atoms with Gasteiger partial charge in [-0.3, -0.25) is 4.79 Å². The van der Waals surface area contributed by atoms with Gasteiger partial charge in [0, 0.05) is 27.8 Å². The molecule has 1 aliphatic rings. The van der Waals surface area contributed by atoms with E-state index in [2.05, 4.69) is 17.6 Å². The number of fused-ring (bicyclic) bond motifs is 1. The van der Waals surface area contributed by atoms with Crippen molar-refractivity contribution in [2.75, 3.05) is 0 Å². The fraction of sp³-hybridized carbons (Fsp3) is 0.280. The third-order valence-electron chi connectivity index (χ3n) is 5.39. The van der Waals surface area contributed by atoms with Gasteiger partial charge in [0.2, 0.25) is 0 Å². The van der Waals surface area contributed by atoms with E-state index in [1.807, 2.05) is 0 Å². The smallest absolute Gasteiger partial charge is 0.305 e. The lowest BCUT2D eigenvalue weighted by Crippen LogP contribution is -2.44. The minimum Gasteiger partial charge on any atom is -0.481 e. The number of nitrogens with zero attached hydrogens (tertiary/aromatic N) is 1. The Kier molecular flexibility index (Phi) is 6.71. The molecule has 1 saturated heterocycles. The van der Waals surface area contributed by atoms with E-state index in [-0.39, 0.29) is 17.3 Å². The highest BCUT2D eigenvalue weighted by Gasteiger charge is 2.35. The summed E-state index contributed by atoms with van der Waals surface area (Å²) in [5, 5.41) is 9.24. The Balaban J connectivity index is 1.78. The van der Waals surface area contributed by atoms with Crippen LogP contribution in [0.5, 0.6) is 0 Å². The highest BCUT2D eigenvalue weighted by Crippen LogP contribution is 2.32. The Morgan fingerprint density at radius 1 is 1.18 bits per heavy atom. The molecule has 2 aromatic carbocycles. The number of halogens is 3. The van der Waals surface area contributed by atoms with Crippen LogP contribution in [-0.2, 0) is 14.3 Å². The zero-order valence-corrected chi connectivity index (χ0v) is 19.3. The minimum absolute atomic E-state index is 0.0996. The van der Waals surface area contributed by atoms with Gasteiger partial charge in [-0.1, -0.05) is 24.3 Å². The highest BCUT2D eigenvalue weighted by atomic mass is 32.1. The molecule has 1 fully saturated rings. The monoisotopic (exact) mass is 489 g/mol. The number of carboxylic acids is 1. The average Bonchev–Trinajstić information content (AvgIpc) is 2.75. The predicted octanol–water partition coefficient (Wildman–Crippen LogP) is 6.01. The van der Waals surface area contributed by atoms with E-state index in [0.717, 1.165) is 6.07 Å². The summed E-state index contributed by atoms with van der Waals surface area (Å²) in [7, 11) is 0. The highest BCUT2D eigenvalue weighted by molar-refractivity contribution is 7.80. The Labute approximate surface area is 199 Å². The average molecular weight is 490 g/mol. The Morgan fingerprint density at radius 3 is 2.56 bits per heavy atom. The molecule has 0 bridgehead atoms. The van der Waals surface area contributed by atoms with E-state index in [4.69, 9.17) is 14.6 Å². The van der Waals surface area contributed by atoms with Crippen LogP contribution in [0.15, 0.2) is 47.4 Å². The molecule has 0 radical (unpaired) electrons. The normalized spacial score (nSPS) is 20.2. The van der Waals surface area contributed by atoms with Crippen molar-refractivity contribution in [3.05, 3.63) is 65.5 Å². The second-order valence-electron chi connectivity index (χ2n) is 8.52. The van der Waals surface area contributed by atoms with Gasteiger partial charge in [-0.15, -0.1) is 12.6 Å². The topological polar surface area (TPSA) is 68.7 Å². The van der Waals surface area contributed by atoms with Gasteiger partial charge in [0.25, 0.3) is 0 Å². The Hall–Kier alpha value is -2.88. The summed E-state index contributed by atoms with van der Waals surface area (Å²) in [6.45, 7) is 3.40. The van der Waals surface area contributed by atoms with E-state index >= 15 is 0 Å². The number of aromatic nitrogens is 1. The van der Waals surface area contributed by atoms with E-state index in [9.17, 15) is 18.0 Å². The number of aliphatic carboxylic acids is 1. The molecule has 5 nitrogen and oxygen atoms in total. The van der Waals surface area contributed by atoms with E-state index in [1.165, 1.54) is 6.07 Å².